The van der Waals surface area contributed by atoms with Crippen molar-refractivity contribution in [3.05, 3.63) is 35.9 Å². The van der Waals surface area contributed by atoms with Crippen LogP contribution in [-0.2, 0) is 28.5 Å². The Morgan fingerprint density at radius 3 is 2.48 bits per heavy atom. The summed E-state index contributed by atoms with van der Waals surface area (Å²) < 4.78 is 30.8. The van der Waals surface area contributed by atoms with Crippen molar-refractivity contribution in [2.24, 2.45) is 40.4 Å². The van der Waals surface area contributed by atoms with Gasteiger partial charge in [-0.25, -0.2) is 4.79 Å². The number of carbonyl (C=O) groups excluding carboxylic acids is 2. The maximum atomic E-state index is 14.4. The van der Waals surface area contributed by atoms with Gasteiger partial charge in [-0.1, -0.05) is 18.2 Å². The summed E-state index contributed by atoms with van der Waals surface area (Å²) in [5.74, 6) is -1.64. The van der Waals surface area contributed by atoms with E-state index in [0.29, 0.717) is 18.6 Å². The second kappa shape index (κ2) is 9.06. The number of likely N-dealkylation sites (tertiary alicyclic amines) is 1. The van der Waals surface area contributed by atoms with Crippen LogP contribution in [-0.4, -0.2) is 106 Å². The second-order valence-electron chi connectivity index (χ2n) is 13.3. The molecular formula is C31H41NO8. The van der Waals surface area contributed by atoms with E-state index >= 15 is 0 Å². The van der Waals surface area contributed by atoms with Gasteiger partial charge < -0.3 is 33.7 Å². The molecule has 0 radical (unpaired) electrons. The van der Waals surface area contributed by atoms with Gasteiger partial charge >= 0.3 is 5.97 Å². The van der Waals surface area contributed by atoms with E-state index in [4.69, 9.17) is 23.7 Å². The fourth-order valence-electron chi connectivity index (χ4n) is 11.6. The Morgan fingerprint density at radius 2 is 1.82 bits per heavy atom. The van der Waals surface area contributed by atoms with Gasteiger partial charge in [-0.2, -0.15) is 0 Å². The lowest BCUT2D eigenvalue weighted by atomic mass is 9.44. The topological polar surface area (TPSA) is 104 Å². The highest BCUT2D eigenvalue weighted by Crippen LogP contribution is 2.78. The van der Waals surface area contributed by atoms with Crippen LogP contribution in [0.1, 0.15) is 29.6 Å². The highest BCUT2D eigenvalue weighted by Gasteiger charge is 2.86. The predicted molar refractivity (Wildman–Crippen MR) is 142 cm³/mol. The van der Waals surface area contributed by atoms with E-state index in [1.54, 1.807) is 45.6 Å². The van der Waals surface area contributed by atoms with Crippen LogP contribution in [0.3, 0.4) is 0 Å². The molecule has 1 aliphatic heterocycles. The Labute approximate surface area is 235 Å². The molecule has 6 fully saturated rings. The van der Waals surface area contributed by atoms with E-state index in [2.05, 4.69) is 11.9 Å². The molecule has 40 heavy (non-hydrogen) atoms. The van der Waals surface area contributed by atoms with Gasteiger partial charge in [0.2, 0.25) is 0 Å². The summed E-state index contributed by atoms with van der Waals surface area (Å²) in [5.41, 5.74) is -1.80. The number of ether oxygens (including phenoxy) is 5. The van der Waals surface area contributed by atoms with Gasteiger partial charge in [0.15, 0.2) is 5.78 Å². The standard InChI is InChI=1S/C31H41NO8/c1-32-14-29(15-36-2)12-11-18(37-3)31-17-13-30(35)26(40-28(34)16-9-7-6-8-10-16)19(17)20(22(33)27(30)39-5)21(25(31)32)23(38-4)24(29)31/h6-10,17-21,23-27,35H,11-15H2,1-5H3/t17-,18?,19+,20+,21?,23?,24-,25?,26-,27-,29+,30-,31?/m1/s1. The maximum Gasteiger partial charge on any atom is 0.338 e. The number of nitrogens with zero attached hydrogens (tertiary/aromatic N) is 1. The molecular weight excluding hydrogens is 514 g/mol. The summed E-state index contributed by atoms with van der Waals surface area (Å²) in [7, 11) is 8.93. The molecule has 7 rings (SSSR count). The number of methoxy groups -OCH3 is 4. The highest BCUT2D eigenvalue weighted by molar-refractivity contribution is 5.92. The zero-order valence-electron chi connectivity index (χ0n) is 23.9. The zero-order chi connectivity index (χ0) is 28.2. The Kier molecular flexibility index (Phi) is 6.11. The number of aliphatic hydroxyl groups is 1. The molecule has 0 amide bonds. The van der Waals surface area contributed by atoms with Gasteiger partial charge in [0.1, 0.15) is 17.8 Å². The van der Waals surface area contributed by atoms with Crippen molar-refractivity contribution in [1.82, 2.24) is 4.90 Å². The molecule has 5 aliphatic carbocycles. The molecule has 9 nitrogen and oxygen atoms in total. The quantitative estimate of drug-likeness (QED) is 0.505. The summed E-state index contributed by atoms with van der Waals surface area (Å²) in [6.45, 7) is 1.44. The molecule has 0 aromatic heterocycles. The fraction of sp³-hybridized carbons (Fsp3) is 0.742. The number of hydrogen-bond donors (Lipinski definition) is 1. The fourth-order valence-corrected chi connectivity index (χ4v) is 11.6. The largest absolute Gasteiger partial charge is 0.455 e. The highest BCUT2D eigenvalue weighted by atomic mass is 16.6. The van der Waals surface area contributed by atoms with Crippen molar-refractivity contribution in [2.75, 3.05) is 48.6 Å². The Hall–Kier alpha value is -1.88. The van der Waals surface area contributed by atoms with Crippen LogP contribution in [0.15, 0.2) is 30.3 Å². The first kappa shape index (κ1) is 27.0. The molecule has 5 unspecified atom stereocenters. The SMILES string of the molecule is COC[C@@]12CCC(OC)C34C(C(C(OC)[C@@H]31)[C@H]1C(=O)[C@@H](OC)[C@@]3(O)C[C@@H]4[C@@H]1[C@H]3OC(=O)c1ccccc1)N(C)C2. The first-order chi connectivity index (χ1) is 19.2. The molecule has 7 bridgehead atoms. The number of hydrogen-bond acceptors (Lipinski definition) is 9. The minimum absolute atomic E-state index is 0.0244. The summed E-state index contributed by atoms with van der Waals surface area (Å²) in [5, 5.41) is 12.4. The summed E-state index contributed by atoms with van der Waals surface area (Å²) in [4.78, 5) is 30.3. The molecule has 218 valence electrons. The van der Waals surface area contributed by atoms with Gasteiger partial charge in [-0.15, -0.1) is 0 Å². The lowest BCUT2D eigenvalue weighted by Crippen LogP contribution is -2.74. The molecule has 6 aliphatic rings. The molecule has 1 aromatic rings. The third kappa shape index (κ3) is 2.99. The number of carbonyl (C=O) groups is 2. The van der Waals surface area contributed by atoms with Crippen LogP contribution in [0.5, 0.6) is 0 Å². The van der Waals surface area contributed by atoms with Crippen LogP contribution in [0.25, 0.3) is 0 Å². The number of fused-ring (bicyclic) bond motifs is 2. The maximum absolute atomic E-state index is 14.4. The number of piperidine rings is 1. The van der Waals surface area contributed by atoms with Gasteiger partial charge in [0.05, 0.1) is 24.4 Å². The average Bonchev–Trinajstić information content (AvgIpc) is 3.30. The van der Waals surface area contributed by atoms with Gasteiger partial charge in [-0.05, 0) is 44.4 Å². The van der Waals surface area contributed by atoms with Crippen LogP contribution in [0.4, 0.5) is 0 Å². The minimum Gasteiger partial charge on any atom is -0.455 e. The summed E-state index contributed by atoms with van der Waals surface area (Å²) in [6.07, 6.45) is -0.146. The molecule has 1 heterocycles. The first-order valence-electron chi connectivity index (χ1n) is 14.5. The molecule has 9 heteroatoms. The number of rotatable bonds is 7. The van der Waals surface area contributed by atoms with Crippen molar-refractivity contribution < 1.29 is 38.4 Å². The van der Waals surface area contributed by atoms with E-state index in [9.17, 15) is 14.7 Å². The Morgan fingerprint density at radius 1 is 1.07 bits per heavy atom. The Bertz CT molecular complexity index is 1200. The van der Waals surface area contributed by atoms with Crippen molar-refractivity contribution in [2.45, 2.75) is 55.3 Å². The van der Waals surface area contributed by atoms with Crippen molar-refractivity contribution in [3.8, 4) is 0 Å². The van der Waals surface area contributed by atoms with Crippen LogP contribution in [0, 0.1) is 40.4 Å². The molecule has 5 saturated carbocycles. The second-order valence-corrected chi connectivity index (χ2v) is 13.3. The molecule has 1 N–H and O–H groups in total. The lowest BCUT2D eigenvalue weighted by molar-refractivity contribution is -0.247. The van der Waals surface area contributed by atoms with E-state index < -0.39 is 35.1 Å². The number of Topliss-reactive ketones (excluding diaryl/α,β-unsaturated/α-hetero) is 1. The molecule has 1 aromatic carbocycles. The monoisotopic (exact) mass is 555 g/mol. The van der Waals surface area contributed by atoms with E-state index in [0.717, 1.165) is 19.4 Å². The lowest BCUT2D eigenvalue weighted by Gasteiger charge is -2.67. The van der Waals surface area contributed by atoms with Crippen molar-refractivity contribution in [3.63, 3.8) is 0 Å². The van der Waals surface area contributed by atoms with Crippen LogP contribution < -0.4 is 0 Å². The molecule has 1 spiro atoms. The minimum atomic E-state index is -1.63. The van der Waals surface area contributed by atoms with E-state index in [1.165, 1.54) is 7.11 Å². The molecule has 1 saturated heterocycles. The van der Waals surface area contributed by atoms with Gasteiger partial charge in [0.25, 0.3) is 0 Å². The predicted octanol–water partition coefficient (Wildman–Crippen LogP) is 1.81. The summed E-state index contributed by atoms with van der Waals surface area (Å²) in [6, 6.07) is 8.86. The number of benzene rings is 1. The normalized spacial score (nSPS) is 50.2. The third-order valence-corrected chi connectivity index (χ3v) is 12.1. The number of ketones is 1. The van der Waals surface area contributed by atoms with E-state index in [-0.39, 0.29) is 53.1 Å². The van der Waals surface area contributed by atoms with Gasteiger partial charge in [-0.3, -0.25) is 4.79 Å². The van der Waals surface area contributed by atoms with Crippen LogP contribution >= 0.6 is 0 Å². The van der Waals surface area contributed by atoms with Gasteiger partial charge in [0, 0.05) is 75.5 Å². The zero-order valence-corrected chi connectivity index (χ0v) is 23.9. The Balaban J connectivity index is 1.43. The van der Waals surface area contributed by atoms with Crippen molar-refractivity contribution >= 4 is 11.8 Å². The number of esters is 1. The average molecular weight is 556 g/mol. The third-order valence-electron chi connectivity index (χ3n) is 12.1. The van der Waals surface area contributed by atoms with Crippen molar-refractivity contribution in [1.29, 1.82) is 0 Å². The van der Waals surface area contributed by atoms with E-state index in [1.807, 2.05) is 6.07 Å². The first-order valence-corrected chi connectivity index (χ1v) is 14.5. The smallest absolute Gasteiger partial charge is 0.338 e. The van der Waals surface area contributed by atoms with Crippen LogP contribution in [0.2, 0.25) is 0 Å². The summed E-state index contributed by atoms with van der Waals surface area (Å²) >= 11 is 0. The molecule has 13 atom stereocenters.